The number of hydrogen-bond acceptors (Lipinski definition) is 4. The molecule has 1 N–H and O–H groups in total. The van der Waals surface area contributed by atoms with Gasteiger partial charge in [0.25, 0.3) is 0 Å². The molecule has 4 rings (SSSR count). The van der Waals surface area contributed by atoms with Crippen LogP contribution in [0.15, 0.2) is 36.4 Å². The van der Waals surface area contributed by atoms with Crippen LogP contribution in [0, 0.1) is 17.6 Å². The molecule has 1 unspecified atom stereocenters. The second kappa shape index (κ2) is 7.15. The summed E-state index contributed by atoms with van der Waals surface area (Å²) in [5.74, 6) is -1.61. The van der Waals surface area contributed by atoms with Gasteiger partial charge in [-0.3, -0.25) is 9.69 Å². The van der Waals surface area contributed by atoms with Crippen LogP contribution in [0.25, 0.3) is 0 Å². The third kappa shape index (κ3) is 3.60. The summed E-state index contributed by atoms with van der Waals surface area (Å²) in [4.78, 5) is 13.1. The number of rotatable bonds is 5. The summed E-state index contributed by atoms with van der Waals surface area (Å²) in [7, 11) is 0. The molecule has 142 valence electrons. The van der Waals surface area contributed by atoms with Gasteiger partial charge in [-0.1, -0.05) is 18.2 Å². The zero-order valence-electron chi connectivity index (χ0n) is 14.5. The summed E-state index contributed by atoms with van der Waals surface area (Å²) in [6.07, 6.45) is 0.778. The summed E-state index contributed by atoms with van der Waals surface area (Å²) in [6.45, 7) is 1.52. The molecular weight excluding hydrogens is 356 g/mol. The van der Waals surface area contributed by atoms with Gasteiger partial charge in [-0.05, 0) is 24.1 Å². The smallest absolute Gasteiger partial charge is 0.309 e. The molecule has 0 aromatic heterocycles. The Morgan fingerprint density at radius 1 is 1.26 bits per heavy atom. The Labute approximate surface area is 155 Å². The Morgan fingerprint density at radius 3 is 2.85 bits per heavy atom. The molecular formula is C20H19F2NO4. The lowest BCUT2D eigenvalue weighted by atomic mass is 9.93. The fourth-order valence-corrected chi connectivity index (χ4v) is 3.45. The average molecular weight is 375 g/mol. The number of nitrogens with zero attached hydrogens (tertiary/aromatic N) is 1. The van der Waals surface area contributed by atoms with Gasteiger partial charge in [0.2, 0.25) is 0 Å². The molecule has 2 aromatic rings. The molecule has 2 aliphatic heterocycles. The minimum atomic E-state index is -0.899. The van der Waals surface area contributed by atoms with Crippen LogP contribution < -0.4 is 9.47 Å². The van der Waals surface area contributed by atoms with E-state index in [1.54, 1.807) is 12.1 Å². The summed E-state index contributed by atoms with van der Waals surface area (Å²) in [5, 5.41) is 8.99. The monoisotopic (exact) mass is 375 g/mol. The van der Waals surface area contributed by atoms with Crippen molar-refractivity contribution < 1.29 is 28.2 Å². The highest BCUT2D eigenvalue weighted by atomic mass is 19.2. The largest absolute Gasteiger partial charge is 0.492 e. The molecule has 7 heteroatoms. The maximum atomic E-state index is 13.7. The summed E-state index contributed by atoms with van der Waals surface area (Å²) in [6, 6.07) is 9.58. The first-order valence-corrected chi connectivity index (χ1v) is 8.79. The van der Waals surface area contributed by atoms with Crippen molar-refractivity contribution in [2.45, 2.75) is 19.1 Å². The van der Waals surface area contributed by atoms with E-state index in [-0.39, 0.29) is 24.1 Å². The number of hydrogen-bond donors (Lipinski definition) is 1. The first-order chi connectivity index (χ1) is 13.0. The quantitative estimate of drug-likeness (QED) is 0.871. The van der Waals surface area contributed by atoms with E-state index in [1.807, 2.05) is 6.07 Å². The van der Waals surface area contributed by atoms with Crippen LogP contribution in [-0.2, 0) is 17.8 Å². The third-order valence-electron chi connectivity index (χ3n) is 5.13. The molecule has 0 radical (unpaired) electrons. The van der Waals surface area contributed by atoms with Crippen molar-refractivity contribution in [2.75, 3.05) is 19.7 Å². The summed E-state index contributed by atoms with van der Waals surface area (Å²) >= 11 is 0. The maximum absolute atomic E-state index is 13.7. The van der Waals surface area contributed by atoms with Gasteiger partial charge < -0.3 is 14.6 Å². The topological polar surface area (TPSA) is 59.0 Å². The zero-order valence-corrected chi connectivity index (χ0v) is 14.5. The summed E-state index contributed by atoms with van der Waals surface area (Å²) in [5.41, 5.74) is 1.17. The van der Waals surface area contributed by atoms with Gasteiger partial charge in [-0.25, -0.2) is 8.78 Å². The van der Waals surface area contributed by atoms with Gasteiger partial charge in [-0.15, -0.1) is 0 Å². The van der Waals surface area contributed by atoms with E-state index in [9.17, 15) is 13.6 Å². The second-order valence-electron chi connectivity index (χ2n) is 6.93. The lowest BCUT2D eigenvalue weighted by molar-refractivity contribution is -0.149. The van der Waals surface area contributed by atoms with Gasteiger partial charge in [-0.2, -0.15) is 0 Å². The maximum Gasteiger partial charge on any atom is 0.309 e. The SMILES string of the molecule is O=C(O)C1CN(C2COc3cc(OCc4cccc(F)c4F)ccc3C2)C1. The van der Waals surface area contributed by atoms with Crippen molar-refractivity contribution in [3.63, 3.8) is 0 Å². The number of ether oxygens (including phenoxy) is 2. The van der Waals surface area contributed by atoms with E-state index < -0.39 is 17.6 Å². The molecule has 0 aliphatic carbocycles. The van der Waals surface area contributed by atoms with Crippen molar-refractivity contribution in [1.29, 1.82) is 0 Å². The molecule has 0 bridgehead atoms. The Hall–Kier alpha value is -2.67. The van der Waals surface area contributed by atoms with Crippen LogP contribution in [0.4, 0.5) is 8.78 Å². The van der Waals surface area contributed by atoms with Crippen LogP contribution in [0.5, 0.6) is 11.5 Å². The van der Waals surface area contributed by atoms with Crippen LogP contribution in [0.2, 0.25) is 0 Å². The minimum absolute atomic E-state index is 0.0740. The molecule has 2 heterocycles. The molecule has 2 aliphatic rings. The van der Waals surface area contributed by atoms with Crippen LogP contribution >= 0.6 is 0 Å². The molecule has 1 saturated heterocycles. The van der Waals surface area contributed by atoms with E-state index in [0.717, 1.165) is 18.1 Å². The fraction of sp³-hybridized carbons (Fsp3) is 0.350. The van der Waals surface area contributed by atoms with Gasteiger partial charge >= 0.3 is 5.97 Å². The number of carboxylic acid groups (broad SMARTS) is 1. The predicted molar refractivity (Wildman–Crippen MR) is 92.8 cm³/mol. The molecule has 1 atom stereocenters. The molecule has 0 saturated carbocycles. The Bertz CT molecular complexity index is 867. The van der Waals surface area contributed by atoms with Crippen molar-refractivity contribution in [3.8, 4) is 11.5 Å². The van der Waals surface area contributed by atoms with E-state index in [4.69, 9.17) is 14.6 Å². The van der Waals surface area contributed by atoms with Gasteiger partial charge in [0.1, 0.15) is 24.7 Å². The molecule has 1 fully saturated rings. The van der Waals surface area contributed by atoms with Gasteiger partial charge in [0, 0.05) is 30.8 Å². The fourth-order valence-electron chi connectivity index (χ4n) is 3.45. The van der Waals surface area contributed by atoms with Crippen LogP contribution in [0.3, 0.4) is 0 Å². The molecule has 5 nitrogen and oxygen atoms in total. The van der Waals surface area contributed by atoms with Crippen LogP contribution in [-0.4, -0.2) is 41.7 Å². The highest BCUT2D eigenvalue weighted by molar-refractivity contribution is 5.71. The van der Waals surface area contributed by atoms with E-state index in [2.05, 4.69) is 4.90 Å². The highest BCUT2D eigenvalue weighted by Crippen LogP contribution is 2.33. The minimum Gasteiger partial charge on any atom is -0.492 e. The normalized spacial score (nSPS) is 19.7. The van der Waals surface area contributed by atoms with E-state index in [0.29, 0.717) is 31.2 Å². The average Bonchev–Trinajstić information content (AvgIpc) is 2.61. The first-order valence-electron chi connectivity index (χ1n) is 8.79. The third-order valence-corrected chi connectivity index (χ3v) is 5.13. The van der Waals surface area contributed by atoms with Crippen molar-refractivity contribution in [2.24, 2.45) is 5.92 Å². The van der Waals surface area contributed by atoms with Crippen molar-refractivity contribution in [3.05, 3.63) is 59.2 Å². The number of carbonyl (C=O) groups is 1. The second-order valence-corrected chi connectivity index (χ2v) is 6.93. The van der Waals surface area contributed by atoms with Crippen molar-refractivity contribution >= 4 is 5.97 Å². The highest BCUT2D eigenvalue weighted by Gasteiger charge is 2.38. The Kier molecular flexibility index (Phi) is 4.70. The van der Waals surface area contributed by atoms with Gasteiger partial charge in [0.15, 0.2) is 11.6 Å². The Balaban J connectivity index is 1.37. The van der Waals surface area contributed by atoms with Crippen LogP contribution in [0.1, 0.15) is 11.1 Å². The number of fused-ring (bicyclic) bond motifs is 1. The standard InChI is InChI=1S/C20H19F2NO4/c21-17-3-1-2-13(19(17)22)10-26-16-5-4-12-6-15(11-27-18(12)7-16)23-8-14(9-23)20(24)25/h1-5,7,14-15H,6,8-11H2,(H,24,25). The molecule has 2 aromatic carbocycles. The number of benzene rings is 2. The van der Waals surface area contributed by atoms with Gasteiger partial charge in [0.05, 0.1) is 5.92 Å². The lowest BCUT2D eigenvalue weighted by Gasteiger charge is -2.43. The lowest BCUT2D eigenvalue weighted by Crippen LogP contribution is -2.57. The zero-order chi connectivity index (χ0) is 19.0. The molecule has 27 heavy (non-hydrogen) atoms. The van der Waals surface area contributed by atoms with E-state index >= 15 is 0 Å². The van der Waals surface area contributed by atoms with Crippen molar-refractivity contribution in [1.82, 2.24) is 4.90 Å². The predicted octanol–water partition coefficient (Wildman–Crippen LogP) is 2.86. The first kappa shape index (κ1) is 17.7. The van der Waals surface area contributed by atoms with E-state index in [1.165, 1.54) is 12.1 Å². The Morgan fingerprint density at radius 2 is 2.07 bits per heavy atom. The number of likely N-dealkylation sites (tertiary alicyclic amines) is 1. The number of halogens is 2. The number of aliphatic carboxylic acids is 1. The number of carboxylic acids is 1. The summed E-state index contributed by atoms with van der Waals surface area (Å²) < 4.78 is 38.3. The molecule has 0 amide bonds. The molecule has 0 spiro atoms.